The van der Waals surface area contributed by atoms with Crippen molar-refractivity contribution in [2.24, 2.45) is 0 Å². The molecule has 3 heteroatoms. The Hall–Kier alpha value is -2.16. The van der Waals surface area contributed by atoms with Gasteiger partial charge in [0.1, 0.15) is 5.75 Å². The number of allylic oxidation sites excluding steroid dienone is 1. The Balaban J connectivity index is 1.63. The van der Waals surface area contributed by atoms with Crippen LogP contribution in [0.1, 0.15) is 96.0 Å². The van der Waals surface area contributed by atoms with Crippen molar-refractivity contribution in [3.05, 3.63) is 54.9 Å². The Morgan fingerprint density at radius 3 is 2.06 bits per heavy atom. The molecule has 0 saturated heterocycles. The molecule has 0 spiro atoms. The number of ether oxygens (including phenoxy) is 1. The fourth-order valence-corrected chi connectivity index (χ4v) is 3.73. The SMILES string of the molecule is C=CCCCCCCCOc1ccc(-c2ncc(CCCCCCCCC)cn2)cc1. The van der Waals surface area contributed by atoms with Crippen LogP contribution >= 0.6 is 0 Å². The van der Waals surface area contributed by atoms with Crippen LogP contribution in [0.4, 0.5) is 0 Å². The highest BCUT2D eigenvalue weighted by Gasteiger charge is 2.03. The minimum Gasteiger partial charge on any atom is -0.494 e. The van der Waals surface area contributed by atoms with Gasteiger partial charge < -0.3 is 4.74 Å². The summed E-state index contributed by atoms with van der Waals surface area (Å²) in [5.41, 5.74) is 2.28. The van der Waals surface area contributed by atoms with Crippen molar-refractivity contribution in [1.29, 1.82) is 0 Å². The first-order valence-electron chi connectivity index (χ1n) is 12.5. The second-order valence-corrected chi connectivity index (χ2v) is 8.50. The molecule has 170 valence electrons. The van der Waals surface area contributed by atoms with Crippen LogP contribution in [-0.2, 0) is 6.42 Å². The van der Waals surface area contributed by atoms with Gasteiger partial charge in [-0.1, -0.05) is 70.8 Å². The molecule has 2 rings (SSSR count). The lowest BCUT2D eigenvalue weighted by molar-refractivity contribution is 0.304. The van der Waals surface area contributed by atoms with E-state index in [2.05, 4.69) is 35.6 Å². The van der Waals surface area contributed by atoms with Crippen LogP contribution in [0.3, 0.4) is 0 Å². The molecule has 0 aliphatic rings. The monoisotopic (exact) mass is 422 g/mol. The van der Waals surface area contributed by atoms with Crippen molar-refractivity contribution in [1.82, 2.24) is 9.97 Å². The van der Waals surface area contributed by atoms with Gasteiger partial charge in [0.15, 0.2) is 5.82 Å². The molecule has 0 unspecified atom stereocenters. The van der Waals surface area contributed by atoms with Gasteiger partial charge in [-0.3, -0.25) is 0 Å². The highest BCUT2D eigenvalue weighted by Crippen LogP contribution is 2.20. The molecule has 0 aliphatic carbocycles. The van der Waals surface area contributed by atoms with Crippen molar-refractivity contribution >= 4 is 0 Å². The van der Waals surface area contributed by atoms with Gasteiger partial charge in [-0.15, -0.1) is 6.58 Å². The van der Waals surface area contributed by atoms with Crippen molar-refractivity contribution in [2.45, 2.75) is 96.8 Å². The Morgan fingerprint density at radius 2 is 1.39 bits per heavy atom. The highest BCUT2D eigenvalue weighted by atomic mass is 16.5. The number of unbranched alkanes of at least 4 members (excludes halogenated alkanes) is 11. The Labute approximate surface area is 190 Å². The third-order valence-electron chi connectivity index (χ3n) is 5.71. The normalized spacial score (nSPS) is 10.9. The molecule has 1 aromatic heterocycles. The summed E-state index contributed by atoms with van der Waals surface area (Å²) in [6, 6.07) is 8.15. The second kappa shape index (κ2) is 16.5. The molecule has 0 N–H and O–H groups in total. The summed E-state index contributed by atoms with van der Waals surface area (Å²) >= 11 is 0. The Morgan fingerprint density at radius 1 is 0.774 bits per heavy atom. The third-order valence-corrected chi connectivity index (χ3v) is 5.71. The van der Waals surface area contributed by atoms with E-state index in [0.29, 0.717) is 0 Å². The van der Waals surface area contributed by atoms with E-state index in [9.17, 15) is 0 Å². The van der Waals surface area contributed by atoms with Crippen LogP contribution in [0.25, 0.3) is 11.4 Å². The summed E-state index contributed by atoms with van der Waals surface area (Å²) in [6.45, 7) is 6.81. The Kier molecular flexibility index (Phi) is 13.4. The van der Waals surface area contributed by atoms with Crippen molar-refractivity contribution < 1.29 is 4.74 Å². The standard InChI is InChI=1S/C28H42N2O/c1-3-5-7-9-11-13-15-17-25-23-29-28(30-24-25)26-18-20-27(21-19-26)31-22-16-14-12-10-8-6-4-2/h4,18-21,23-24H,2-3,5-17,22H2,1H3. The first kappa shape index (κ1) is 25.1. The summed E-state index contributed by atoms with van der Waals surface area (Å²) in [6.07, 6.45) is 23.7. The molecule has 0 fully saturated rings. The molecule has 2 aromatic rings. The van der Waals surface area contributed by atoms with Crippen molar-refractivity contribution in [2.75, 3.05) is 6.61 Å². The second-order valence-electron chi connectivity index (χ2n) is 8.50. The molecular weight excluding hydrogens is 380 g/mol. The fraction of sp³-hybridized carbons (Fsp3) is 0.571. The third kappa shape index (κ3) is 11.1. The smallest absolute Gasteiger partial charge is 0.159 e. The largest absolute Gasteiger partial charge is 0.494 e. The number of aromatic nitrogens is 2. The molecule has 1 aromatic carbocycles. The van der Waals surface area contributed by atoms with Crippen LogP contribution in [-0.4, -0.2) is 16.6 Å². The zero-order valence-corrected chi connectivity index (χ0v) is 19.7. The van der Waals surface area contributed by atoms with Gasteiger partial charge in [0.2, 0.25) is 0 Å². The first-order chi connectivity index (χ1) is 15.3. The highest BCUT2D eigenvalue weighted by molar-refractivity contribution is 5.55. The average molecular weight is 423 g/mol. The predicted molar refractivity (Wildman–Crippen MR) is 133 cm³/mol. The number of rotatable bonds is 18. The first-order valence-corrected chi connectivity index (χ1v) is 12.5. The summed E-state index contributed by atoms with van der Waals surface area (Å²) in [5.74, 6) is 1.71. The molecule has 0 bridgehead atoms. The Bertz CT molecular complexity index is 694. The van der Waals surface area contributed by atoms with Gasteiger partial charge in [0, 0.05) is 18.0 Å². The number of hydrogen-bond donors (Lipinski definition) is 0. The molecule has 0 atom stereocenters. The maximum absolute atomic E-state index is 5.87. The van der Waals surface area contributed by atoms with Gasteiger partial charge in [0.05, 0.1) is 6.61 Å². The van der Waals surface area contributed by atoms with E-state index in [-0.39, 0.29) is 0 Å². The molecular formula is C28H42N2O. The molecule has 31 heavy (non-hydrogen) atoms. The minimum atomic E-state index is 0.782. The van der Waals surface area contributed by atoms with E-state index in [1.807, 2.05) is 30.6 Å². The van der Waals surface area contributed by atoms with E-state index >= 15 is 0 Å². The topological polar surface area (TPSA) is 35.0 Å². The van der Waals surface area contributed by atoms with E-state index in [0.717, 1.165) is 43.0 Å². The summed E-state index contributed by atoms with van der Waals surface area (Å²) in [7, 11) is 0. The molecule has 0 aliphatic heterocycles. The van der Waals surface area contributed by atoms with E-state index in [1.165, 1.54) is 76.2 Å². The van der Waals surface area contributed by atoms with Crippen LogP contribution in [0, 0.1) is 0 Å². The van der Waals surface area contributed by atoms with Gasteiger partial charge in [-0.05, 0) is 61.9 Å². The summed E-state index contributed by atoms with van der Waals surface area (Å²) in [5, 5.41) is 0. The van der Waals surface area contributed by atoms with Crippen molar-refractivity contribution in [3.63, 3.8) is 0 Å². The predicted octanol–water partition coefficient (Wildman–Crippen LogP) is 8.34. The van der Waals surface area contributed by atoms with Crippen LogP contribution in [0.2, 0.25) is 0 Å². The number of aryl methyl sites for hydroxylation is 1. The van der Waals surface area contributed by atoms with Crippen molar-refractivity contribution in [3.8, 4) is 17.1 Å². The van der Waals surface area contributed by atoms with E-state index in [4.69, 9.17) is 4.74 Å². The van der Waals surface area contributed by atoms with Gasteiger partial charge in [-0.2, -0.15) is 0 Å². The number of hydrogen-bond acceptors (Lipinski definition) is 3. The van der Waals surface area contributed by atoms with E-state index in [1.54, 1.807) is 0 Å². The number of benzene rings is 1. The van der Waals surface area contributed by atoms with Gasteiger partial charge in [0.25, 0.3) is 0 Å². The van der Waals surface area contributed by atoms with Gasteiger partial charge >= 0.3 is 0 Å². The molecule has 0 amide bonds. The average Bonchev–Trinajstić information content (AvgIpc) is 2.81. The zero-order valence-electron chi connectivity index (χ0n) is 19.7. The molecule has 1 heterocycles. The summed E-state index contributed by atoms with van der Waals surface area (Å²) < 4.78 is 5.87. The van der Waals surface area contributed by atoms with Crippen LogP contribution in [0.15, 0.2) is 49.3 Å². The zero-order chi connectivity index (χ0) is 22.0. The lowest BCUT2D eigenvalue weighted by atomic mass is 10.1. The van der Waals surface area contributed by atoms with Gasteiger partial charge in [-0.25, -0.2) is 9.97 Å². The maximum atomic E-state index is 5.87. The molecule has 0 radical (unpaired) electrons. The summed E-state index contributed by atoms with van der Waals surface area (Å²) in [4.78, 5) is 9.15. The minimum absolute atomic E-state index is 0.782. The van der Waals surface area contributed by atoms with Crippen LogP contribution < -0.4 is 4.74 Å². The lowest BCUT2D eigenvalue weighted by Crippen LogP contribution is -1.97. The quantitative estimate of drug-likeness (QED) is 0.179. The maximum Gasteiger partial charge on any atom is 0.159 e. The molecule has 3 nitrogen and oxygen atoms in total. The molecule has 0 saturated carbocycles. The van der Waals surface area contributed by atoms with Crippen LogP contribution in [0.5, 0.6) is 5.75 Å². The lowest BCUT2D eigenvalue weighted by Gasteiger charge is -2.07. The van der Waals surface area contributed by atoms with E-state index < -0.39 is 0 Å². The fourth-order valence-electron chi connectivity index (χ4n) is 3.73. The number of nitrogens with zero attached hydrogens (tertiary/aromatic N) is 2.